The van der Waals surface area contributed by atoms with Gasteiger partial charge in [-0.1, -0.05) is 31.2 Å². The van der Waals surface area contributed by atoms with E-state index in [9.17, 15) is 10.2 Å². The number of hydrogen-bond donors (Lipinski definition) is 2. The number of phenols is 2. The molecular formula is C17H16O3. The molecule has 0 saturated carbocycles. The Balaban J connectivity index is 2.17. The Labute approximate surface area is 116 Å². The summed E-state index contributed by atoms with van der Waals surface area (Å²) in [4.78, 5) is 0. The van der Waals surface area contributed by atoms with E-state index >= 15 is 0 Å². The van der Waals surface area contributed by atoms with Gasteiger partial charge in [0.2, 0.25) is 0 Å². The average Bonchev–Trinajstić information content (AvgIpc) is 2.83. The maximum absolute atomic E-state index is 10.6. The molecule has 1 aliphatic rings. The fraction of sp³-hybridized carbons (Fsp3) is 0.294. The summed E-state index contributed by atoms with van der Waals surface area (Å²) < 4.78 is 5.87. The summed E-state index contributed by atoms with van der Waals surface area (Å²) in [7, 11) is 0. The van der Waals surface area contributed by atoms with E-state index in [0.717, 1.165) is 30.6 Å². The third kappa shape index (κ3) is 1.40. The van der Waals surface area contributed by atoms with Crippen LogP contribution in [0, 0.1) is 5.92 Å². The van der Waals surface area contributed by atoms with Crippen molar-refractivity contribution in [1.29, 1.82) is 0 Å². The molecule has 0 bridgehead atoms. The number of aryl methyl sites for hydroxylation is 1. The molecule has 1 atom stereocenters. The summed E-state index contributed by atoms with van der Waals surface area (Å²) in [6.07, 6.45) is 2.86. The van der Waals surface area contributed by atoms with Gasteiger partial charge in [0.15, 0.2) is 11.3 Å². The van der Waals surface area contributed by atoms with Crippen LogP contribution in [0.25, 0.3) is 21.7 Å². The van der Waals surface area contributed by atoms with E-state index in [1.54, 1.807) is 6.07 Å². The smallest absolute Gasteiger partial charge is 0.180 e. The minimum Gasteiger partial charge on any atom is -0.507 e. The van der Waals surface area contributed by atoms with Crippen LogP contribution in [0.15, 0.2) is 28.7 Å². The van der Waals surface area contributed by atoms with Crippen LogP contribution >= 0.6 is 0 Å². The molecule has 4 rings (SSSR count). The highest BCUT2D eigenvalue weighted by Gasteiger charge is 2.26. The van der Waals surface area contributed by atoms with Gasteiger partial charge >= 0.3 is 0 Å². The zero-order valence-corrected chi connectivity index (χ0v) is 11.3. The second kappa shape index (κ2) is 3.92. The fourth-order valence-corrected chi connectivity index (χ4v) is 3.32. The molecule has 3 nitrogen and oxygen atoms in total. The van der Waals surface area contributed by atoms with Gasteiger partial charge in [-0.3, -0.25) is 0 Å². The van der Waals surface area contributed by atoms with E-state index in [0.29, 0.717) is 27.7 Å². The summed E-state index contributed by atoms with van der Waals surface area (Å²) in [5, 5.41) is 23.0. The largest absolute Gasteiger partial charge is 0.507 e. The number of rotatable bonds is 0. The standard InChI is InChI=1S/C17H16O3/c1-9-6-7-12-13(8-9)20-17-14(12)15(18)10-4-2-3-5-11(10)16(17)19/h2-5,9,18-19H,6-8H2,1H3. The topological polar surface area (TPSA) is 53.6 Å². The molecule has 2 N–H and O–H groups in total. The first-order chi connectivity index (χ1) is 9.66. The maximum Gasteiger partial charge on any atom is 0.180 e. The summed E-state index contributed by atoms with van der Waals surface area (Å²) in [5.41, 5.74) is 1.50. The minimum absolute atomic E-state index is 0.135. The Morgan fingerprint density at radius 1 is 1.10 bits per heavy atom. The van der Waals surface area contributed by atoms with Gasteiger partial charge in [-0.15, -0.1) is 0 Å². The number of aromatic hydroxyl groups is 2. The first-order valence-corrected chi connectivity index (χ1v) is 7.03. The van der Waals surface area contributed by atoms with E-state index in [1.807, 2.05) is 18.2 Å². The quantitative estimate of drug-likeness (QED) is 0.603. The van der Waals surface area contributed by atoms with Crippen LogP contribution in [0.5, 0.6) is 11.5 Å². The molecule has 1 heterocycles. The lowest BCUT2D eigenvalue weighted by Crippen LogP contribution is -2.08. The molecule has 3 heteroatoms. The van der Waals surface area contributed by atoms with Gasteiger partial charge in [-0.25, -0.2) is 0 Å². The van der Waals surface area contributed by atoms with E-state index < -0.39 is 0 Å². The van der Waals surface area contributed by atoms with Crippen molar-refractivity contribution in [3.05, 3.63) is 35.6 Å². The maximum atomic E-state index is 10.6. The van der Waals surface area contributed by atoms with Gasteiger partial charge in [0.1, 0.15) is 11.5 Å². The predicted octanol–water partition coefficient (Wildman–Crippen LogP) is 4.12. The SMILES string of the molecule is CC1CCc2c(oc3c(O)c4ccccc4c(O)c23)C1. The summed E-state index contributed by atoms with van der Waals surface area (Å²) >= 11 is 0. The second-order valence-corrected chi connectivity index (χ2v) is 5.80. The van der Waals surface area contributed by atoms with Crippen LogP contribution < -0.4 is 0 Å². The number of phenolic OH excluding ortho intramolecular Hbond substituents is 2. The Morgan fingerprint density at radius 2 is 1.80 bits per heavy atom. The van der Waals surface area contributed by atoms with Gasteiger partial charge in [-0.05, 0) is 18.8 Å². The highest BCUT2D eigenvalue weighted by Crippen LogP contribution is 2.46. The number of furan rings is 1. The van der Waals surface area contributed by atoms with Gasteiger partial charge < -0.3 is 14.6 Å². The highest BCUT2D eigenvalue weighted by molar-refractivity contribution is 6.10. The van der Waals surface area contributed by atoms with Gasteiger partial charge in [-0.2, -0.15) is 0 Å². The van der Waals surface area contributed by atoms with Crippen molar-refractivity contribution < 1.29 is 14.6 Å². The van der Waals surface area contributed by atoms with Gasteiger partial charge in [0, 0.05) is 22.8 Å². The van der Waals surface area contributed by atoms with Gasteiger partial charge in [0.05, 0.1) is 5.39 Å². The van der Waals surface area contributed by atoms with E-state index in [2.05, 4.69) is 6.92 Å². The van der Waals surface area contributed by atoms with Crippen LogP contribution in [0.3, 0.4) is 0 Å². The molecule has 0 amide bonds. The molecule has 20 heavy (non-hydrogen) atoms. The van der Waals surface area contributed by atoms with Gasteiger partial charge in [0.25, 0.3) is 0 Å². The van der Waals surface area contributed by atoms with Crippen molar-refractivity contribution >= 4 is 21.7 Å². The minimum atomic E-state index is 0.135. The van der Waals surface area contributed by atoms with Crippen LogP contribution in [0.4, 0.5) is 0 Å². The third-order valence-electron chi connectivity index (χ3n) is 4.40. The molecule has 1 aromatic heterocycles. The van der Waals surface area contributed by atoms with Crippen LogP contribution in [0.1, 0.15) is 24.7 Å². The van der Waals surface area contributed by atoms with E-state index in [-0.39, 0.29) is 11.5 Å². The number of hydrogen-bond acceptors (Lipinski definition) is 3. The average molecular weight is 268 g/mol. The molecule has 1 unspecified atom stereocenters. The van der Waals surface area contributed by atoms with Crippen LogP contribution in [0.2, 0.25) is 0 Å². The highest BCUT2D eigenvalue weighted by atomic mass is 16.4. The van der Waals surface area contributed by atoms with Crippen molar-refractivity contribution in [2.45, 2.75) is 26.2 Å². The third-order valence-corrected chi connectivity index (χ3v) is 4.40. The second-order valence-electron chi connectivity index (χ2n) is 5.80. The van der Waals surface area contributed by atoms with Crippen LogP contribution in [-0.2, 0) is 12.8 Å². The van der Waals surface area contributed by atoms with E-state index in [4.69, 9.17) is 4.42 Å². The molecule has 0 fully saturated rings. The number of fused-ring (bicyclic) bond motifs is 4. The van der Waals surface area contributed by atoms with Crippen LogP contribution in [-0.4, -0.2) is 10.2 Å². The lowest BCUT2D eigenvalue weighted by Gasteiger charge is -2.16. The zero-order valence-electron chi connectivity index (χ0n) is 11.3. The molecule has 0 saturated heterocycles. The van der Waals surface area contributed by atoms with Crippen molar-refractivity contribution in [1.82, 2.24) is 0 Å². The van der Waals surface area contributed by atoms with Crippen molar-refractivity contribution in [3.63, 3.8) is 0 Å². The first-order valence-electron chi connectivity index (χ1n) is 7.03. The van der Waals surface area contributed by atoms with Crippen molar-refractivity contribution in [2.24, 2.45) is 5.92 Å². The van der Waals surface area contributed by atoms with Crippen molar-refractivity contribution in [3.8, 4) is 11.5 Å². The molecule has 0 radical (unpaired) electrons. The summed E-state index contributed by atoms with van der Waals surface area (Å²) in [5.74, 6) is 1.87. The molecule has 1 aliphatic carbocycles. The lowest BCUT2D eigenvalue weighted by molar-refractivity contribution is 0.416. The Morgan fingerprint density at radius 3 is 2.55 bits per heavy atom. The summed E-state index contributed by atoms with van der Waals surface area (Å²) in [6, 6.07) is 7.34. The first kappa shape index (κ1) is 11.6. The normalized spacial score (nSPS) is 18.6. The molecule has 102 valence electrons. The van der Waals surface area contributed by atoms with E-state index in [1.165, 1.54) is 0 Å². The van der Waals surface area contributed by atoms with Crippen molar-refractivity contribution in [2.75, 3.05) is 0 Å². The Kier molecular flexibility index (Phi) is 2.28. The lowest BCUT2D eigenvalue weighted by atomic mass is 9.88. The molecule has 2 aromatic carbocycles. The monoisotopic (exact) mass is 268 g/mol. The predicted molar refractivity (Wildman–Crippen MR) is 78.2 cm³/mol. The Bertz CT molecular complexity index is 829. The zero-order chi connectivity index (χ0) is 13.9. The Hall–Kier alpha value is -2.16. The summed E-state index contributed by atoms with van der Waals surface area (Å²) in [6.45, 7) is 2.20. The number of benzene rings is 2. The molecule has 3 aromatic rings. The fourth-order valence-electron chi connectivity index (χ4n) is 3.32. The molecule has 0 spiro atoms. The molecular weight excluding hydrogens is 252 g/mol. The molecule has 0 aliphatic heterocycles.